The summed E-state index contributed by atoms with van der Waals surface area (Å²) >= 11 is 6.20. The van der Waals surface area contributed by atoms with Gasteiger partial charge in [0.2, 0.25) is 5.91 Å². The number of anilines is 1. The largest absolute Gasteiger partial charge is 1.00 e. The summed E-state index contributed by atoms with van der Waals surface area (Å²) in [6.07, 6.45) is 6.42. The average molecular weight is 398 g/mol. The number of benzene rings is 1. The molecule has 0 saturated carbocycles. The number of aryl methyl sites for hydroxylation is 3. The van der Waals surface area contributed by atoms with E-state index >= 15 is 0 Å². The van der Waals surface area contributed by atoms with Crippen molar-refractivity contribution < 1.29 is 26.3 Å². The Morgan fingerprint density at radius 1 is 1.13 bits per heavy atom. The summed E-state index contributed by atoms with van der Waals surface area (Å²) in [5, 5.41) is 3.53. The summed E-state index contributed by atoms with van der Waals surface area (Å²) in [6.45, 7) is 4.88. The second-order valence-corrected chi connectivity index (χ2v) is 5.96. The van der Waals surface area contributed by atoms with Crippen LogP contribution in [0.2, 0.25) is 5.02 Å². The second kappa shape index (κ2) is 9.68. The van der Waals surface area contributed by atoms with Crippen molar-refractivity contribution >= 4 is 23.2 Å². The summed E-state index contributed by atoms with van der Waals surface area (Å²) in [7, 11) is 0. The molecule has 0 aliphatic rings. The zero-order valence-electron chi connectivity index (χ0n) is 13.5. The monoisotopic (exact) mass is 396 g/mol. The maximum atomic E-state index is 12.0. The molecule has 2 rings (SSSR count). The lowest BCUT2D eigenvalue weighted by Gasteiger charge is -2.11. The number of hydrogen-bond donors (Lipinski definition) is 1. The minimum Gasteiger partial charge on any atom is -1.00 e. The maximum Gasteiger partial charge on any atom is 0.224 e. The molecule has 5 heteroatoms. The highest BCUT2D eigenvalue weighted by Gasteiger charge is 2.09. The minimum absolute atomic E-state index is 0. The van der Waals surface area contributed by atoms with Crippen LogP contribution in [0.5, 0.6) is 0 Å². The van der Waals surface area contributed by atoms with Crippen molar-refractivity contribution in [2.24, 2.45) is 0 Å². The van der Waals surface area contributed by atoms with E-state index in [-0.39, 0.29) is 22.9 Å². The topological polar surface area (TPSA) is 33.0 Å². The van der Waals surface area contributed by atoms with Gasteiger partial charge >= 0.3 is 0 Å². The zero-order valence-corrected chi connectivity index (χ0v) is 15.8. The summed E-state index contributed by atoms with van der Waals surface area (Å²) in [6, 6.07) is 9.91. The van der Waals surface area contributed by atoms with Crippen molar-refractivity contribution in [1.29, 1.82) is 0 Å². The van der Waals surface area contributed by atoms with Gasteiger partial charge in [0, 0.05) is 25.0 Å². The van der Waals surface area contributed by atoms with Crippen molar-refractivity contribution in [2.75, 3.05) is 5.32 Å². The van der Waals surface area contributed by atoms with E-state index in [2.05, 4.69) is 9.88 Å². The molecule has 0 atom stereocenters. The van der Waals surface area contributed by atoms with Crippen LogP contribution in [-0.4, -0.2) is 5.91 Å². The molecule has 124 valence electrons. The predicted molar refractivity (Wildman–Crippen MR) is 90.0 cm³/mol. The van der Waals surface area contributed by atoms with Crippen molar-refractivity contribution in [3.05, 3.63) is 58.9 Å². The summed E-state index contributed by atoms with van der Waals surface area (Å²) in [4.78, 5) is 12.0. The van der Waals surface area contributed by atoms with Gasteiger partial charge in [0.25, 0.3) is 0 Å². The van der Waals surface area contributed by atoms with E-state index in [1.54, 1.807) is 0 Å². The third kappa shape index (κ3) is 6.32. The van der Waals surface area contributed by atoms with Crippen LogP contribution in [0.1, 0.15) is 30.4 Å². The van der Waals surface area contributed by atoms with Crippen LogP contribution >= 0.6 is 11.6 Å². The third-order valence-electron chi connectivity index (χ3n) is 3.54. The fraction of sp³-hybridized carbons (Fsp3) is 0.333. The zero-order chi connectivity index (χ0) is 15.9. The predicted octanol–water partition coefficient (Wildman–Crippen LogP) is 1.06. The highest BCUT2D eigenvalue weighted by atomic mass is 79.9. The molecule has 0 aliphatic heterocycles. The average Bonchev–Trinajstić information content (AvgIpc) is 2.48. The Morgan fingerprint density at radius 2 is 1.83 bits per heavy atom. The number of hydrogen-bond acceptors (Lipinski definition) is 1. The van der Waals surface area contributed by atoms with Gasteiger partial charge in [-0.15, -0.1) is 0 Å². The molecule has 0 bridgehead atoms. The summed E-state index contributed by atoms with van der Waals surface area (Å²) in [5.74, 6) is 0.0203. The van der Waals surface area contributed by atoms with Crippen LogP contribution < -0.4 is 26.9 Å². The molecule has 1 heterocycles. The molecule has 0 spiro atoms. The molecule has 23 heavy (non-hydrogen) atoms. The SMILES string of the molecule is Cc1cc(C)c(NC(=O)CCCC[n+]2ccccc2)c(Cl)c1.[Br-]. The van der Waals surface area contributed by atoms with Crippen molar-refractivity contribution in [1.82, 2.24) is 0 Å². The van der Waals surface area contributed by atoms with E-state index < -0.39 is 0 Å². The Hall–Kier alpha value is -1.39. The Kier molecular flexibility index (Phi) is 8.28. The highest BCUT2D eigenvalue weighted by molar-refractivity contribution is 6.34. The normalized spacial score (nSPS) is 10.0. The van der Waals surface area contributed by atoms with E-state index in [9.17, 15) is 4.79 Å². The van der Waals surface area contributed by atoms with Gasteiger partial charge in [0.15, 0.2) is 12.4 Å². The number of nitrogens with zero attached hydrogens (tertiary/aromatic N) is 1. The van der Waals surface area contributed by atoms with E-state index in [1.165, 1.54) is 0 Å². The van der Waals surface area contributed by atoms with Crippen LogP contribution in [0.15, 0.2) is 42.7 Å². The van der Waals surface area contributed by atoms with E-state index in [0.29, 0.717) is 11.4 Å². The lowest BCUT2D eigenvalue weighted by atomic mass is 10.1. The van der Waals surface area contributed by atoms with E-state index in [1.807, 2.05) is 56.6 Å². The molecule has 0 saturated heterocycles. The Labute approximate surface area is 153 Å². The minimum atomic E-state index is 0. The van der Waals surface area contributed by atoms with E-state index in [0.717, 1.165) is 36.2 Å². The van der Waals surface area contributed by atoms with Crippen LogP contribution in [0.25, 0.3) is 0 Å². The lowest BCUT2D eigenvalue weighted by molar-refractivity contribution is -0.697. The number of carbonyl (C=O) groups excluding carboxylic acids is 1. The Bertz CT molecular complexity index is 624. The molecular formula is C18H22BrClN2O. The summed E-state index contributed by atoms with van der Waals surface area (Å²) < 4.78 is 2.12. The summed E-state index contributed by atoms with van der Waals surface area (Å²) in [5.41, 5.74) is 2.83. The molecule has 1 amide bonds. The molecule has 2 aromatic rings. The Balaban J connectivity index is 0.00000264. The molecule has 1 N–H and O–H groups in total. The molecule has 1 aromatic carbocycles. The second-order valence-electron chi connectivity index (χ2n) is 5.56. The molecule has 1 aromatic heterocycles. The van der Waals surface area contributed by atoms with Crippen molar-refractivity contribution in [3.8, 4) is 0 Å². The number of nitrogens with one attached hydrogen (secondary N) is 1. The molecule has 3 nitrogen and oxygen atoms in total. The quantitative estimate of drug-likeness (QED) is 0.574. The fourth-order valence-electron chi connectivity index (χ4n) is 2.44. The van der Waals surface area contributed by atoms with Gasteiger partial charge in [-0.25, -0.2) is 4.57 Å². The molecule has 0 aliphatic carbocycles. The van der Waals surface area contributed by atoms with Gasteiger partial charge in [-0.2, -0.15) is 0 Å². The number of pyridine rings is 1. The standard InChI is InChI=1S/C18H21ClN2O.BrH/c1-14-12-15(2)18(16(19)13-14)20-17(22)8-4-7-11-21-9-5-3-6-10-21;/h3,5-6,9-10,12-13H,4,7-8,11H2,1-2H3;1H. The van der Waals surface area contributed by atoms with Gasteiger partial charge in [-0.3, -0.25) is 4.79 Å². The van der Waals surface area contributed by atoms with Crippen molar-refractivity contribution in [3.63, 3.8) is 0 Å². The smallest absolute Gasteiger partial charge is 0.224 e. The fourth-order valence-corrected chi connectivity index (χ4v) is 2.81. The number of halogens is 2. The first-order valence-electron chi connectivity index (χ1n) is 7.57. The van der Waals surface area contributed by atoms with Crippen LogP contribution in [0.3, 0.4) is 0 Å². The Morgan fingerprint density at radius 3 is 2.48 bits per heavy atom. The van der Waals surface area contributed by atoms with Gasteiger partial charge in [-0.1, -0.05) is 23.7 Å². The molecular weight excluding hydrogens is 376 g/mol. The number of aromatic nitrogens is 1. The number of carbonyl (C=O) groups is 1. The van der Waals surface area contributed by atoms with Crippen LogP contribution in [0, 0.1) is 13.8 Å². The molecule has 0 unspecified atom stereocenters. The van der Waals surface area contributed by atoms with Crippen molar-refractivity contribution in [2.45, 2.75) is 39.7 Å². The first-order valence-corrected chi connectivity index (χ1v) is 7.95. The van der Waals surface area contributed by atoms with Crippen LogP contribution in [0.4, 0.5) is 5.69 Å². The van der Waals surface area contributed by atoms with Crippen LogP contribution in [-0.2, 0) is 11.3 Å². The first-order chi connectivity index (χ1) is 10.6. The number of amides is 1. The third-order valence-corrected chi connectivity index (χ3v) is 3.84. The highest BCUT2D eigenvalue weighted by Crippen LogP contribution is 2.27. The molecule has 0 radical (unpaired) electrons. The molecule has 0 fully saturated rings. The van der Waals surface area contributed by atoms with Gasteiger partial charge in [0.05, 0.1) is 10.7 Å². The maximum absolute atomic E-state index is 12.0. The number of unbranched alkanes of at least 4 members (excludes halogenated alkanes) is 1. The van der Waals surface area contributed by atoms with Gasteiger partial charge < -0.3 is 22.3 Å². The number of rotatable bonds is 6. The first kappa shape index (κ1) is 19.7. The van der Waals surface area contributed by atoms with Gasteiger partial charge in [0.1, 0.15) is 6.54 Å². The van der Waals surface area contributed by atoms with E-state index in [4.69, 9.17) is 11.6 Å². The lowest BCUT2D eigenvalue weighted by Crippen LogP contribution is -3.00. The van der Waals surface area contributed by atoms with Gasteiger partial charge in [-0.05, 0) is 37.5 Å².